The van der Waals surface area contributed by atoms with Crippen molar-refractivity contribution in [2.75, 3.05) is 11.9 Å². The third-order valence-electron chi connectivity index (χ3n) is 8.67. The number of carbonyl (C=O) groups is 2. The summed E-state index contributed by atoms with van der Waals surface area (Å²) < 4.78 is 6.85. The van der Waals surface area contributed by atoms with E-state index in [0.717, 1.165) is 59.0 Å². The van der Waals surface area contributed by atoms with Crippen LogP contribution in [0.1, 0.15) is 73.4 Å². The number of hydrogen-bond donors (Lipinski definition) is 1. The Labute approximate surface area is 211 Å². The predicted octanol–water partition coefficient (Wildman–Crippen LogP) is 5.76. The van der Waals surface area contributed by atoms with E-state index >= 15 is 0 Å². The van der Waals surface area contributed by atoms with Gasteiger partial charge in [0.25, 0.3) is 0 Å². The predicted molar refractivity (Wildman–Crippen MR) is 138 cm³/mol. The number of nitrogens with one attached hydrogen (secondary N) is 1. The molecule has 4 aliphatic carbocycles. The van der Waals surface area contributed by atoms with E-state index in [-0.39, 0.29) is 23.5 Å². The minimum Gasteiger partial charge on any atom is -0.462 e. The van der Waals surface area contributed by atoms with Crippen LogP contribution < -0.4 is 5.32 Å². The van der Waals surface area contributed by atoms with Gasteiger partial charge >= 0.3 is 5.97 Å². The first-order valence-corrected chi connectivity index (χ1v) is 13.3. The molecule has 0 spiro atoms. The fraction of sp³-hybridized carbons (Fsp3) is 0.517. The lowest BCUT2D eigenvalue weighted by Gasteiger charge is -2.56. The van der Waals surface area contributed by atoms with E-state index in [9.17, 15) is 9.59 Å². The molecule has 4 bridgehead atoms. The topological polar surface area (TPSA) is 86.1 Å². The van der Waals surface area contributed by atoms with E-state index in [1.165, 1.54) is 25.5 Å². The highest BCUT2D eigenvalue weighted by Gasteiger charge is 2.51. The summed E-state index contributed by atoms with van der Waals surface area (Å²) in [6, 6.07) is 8.04. The van der Waals surface area contributed by atoms with Gasteiger partial charge in [-0.2, -0.15) is 9.78 Å². The van der Waals surface area contributed by atoms with Crippen LogP contribution in [0.3, 0.4) is 0 Å². The zero-order valence-corrected chi connectivity index (χ0v) is 21.3. The Morgan fingerprint density at radius 2 is 1.78 bits per heavy atom. The van der Waals surface area contributed by atoms with Crippen molar-refractivity contribution in [2.24, 2.45) is 23.2 Å². The van der Waals surface area contributed by atoms with Crippen molar-refractivity contribution in [3.63, 3.8) is 0 Å². The summed E-state index contributed by atoms with van der Waals surface area (Å²) >= 11 is 0. The maximum absolute atomic E-state index is 13.5. The number of benzene rings is 1. The van der Waals surface area contributed by atoms with Crippen molar-refractivity contribution in [3.8, 4) is 5.82 Å². The Bertz CT molecular complexity index is 1320. The van der Waals surface area contributed by atoms with Crippen molar-refractivity contribution >= 4 is 28.6 Å². The number of anilines is 1. The molecule has 3 aromatic rings. The average Bonchev–Trinajstić information content (AvgIpc) is 3.22. The molecule has 4 fully saturated rings. The van der Waals surface area contributed by atoms with Crippen LogP contribution in [0.5, 0.6) is 0 Å². The lowest BCUT2D eigenvalue weighted by molar-refractivity contribution is -0.124. The van der Waals surface area contributed by atoms with E-state index < -0.39 is 5.97 Å². The largest absolute Gasteiger partial charge is 0.462 e. The second-order valence-corrected chi connectivity index (χ2v) is 11.5. The zero-order chi connectivity index (χ0) is 25.0. The van der Waals surface area contributed by atoms with Gasteiger partial charge in [-0.25, -0.2) is 9.78 Å². The van der Waals surface area contributed by atoms with E-state index in [2.05, 4.69) is 16.5 Å². The van der Waals surface area contributed by atoms with Crippen LogP contribution in [0.4, 0.5) is 5.82 Å². The number of rotatable bonds is 6. The van der Waals surface area contributed by atoms with Crippen molar-refractivity contribution in [3.05, 3.63) is 47.2 Å². The van der Waals surface area contributed by atoms with Crippen LogP contribution in [-0.2, 0) is 9.53 Å². The standard InChI is InChI=1S/C29H34N4O3/c1-4-36-28(35)23-16-30-33(24-8-18(3)22-7-5-6-17(2)26(22)31-24)27(23)32-25(34)15-29-12-19-9-20(13-29)11-21(10-19)14-29/h5-8,16,19-21H,4,9-15H2,1-3H3,(H,32,34). The summed E-state index contributed by atoms with van der Waals surface area (Å²) in [5, 5.41) is 8.63. The molecule has 7 rings (SSSR count). The second kappa shape index (κ2) is 8.71. The first kappa shape index (κ1) is 23.2. The molecule has 0 radical (unpaired) electrons. The Morgan fingerprint density at radius 3 is 2.44 bits per heavy atom. The maximum Gasteiger partial charge on any atom is 0.343 e. The number of aromatic nitrogens is 3. The Hall–Kier alpha value is -3.22. The molecule has 0 aliphatic heterocycles. The molecule has 0 unspecified atom stereocenters. The summed E-state index contributed by atoms with van der Waals surface area (Å²) in [5.41, 5.74) is 3.34. The van der Waals surface area contributed by atoms with Gasteiger partial charge in [0.1, 0.15) is 5.56 Å². The van der Waals surface area contributed by atoms with Gasteiger partial charge in [-0.1, -0.05) is 18.2 Å². The quantitative estimate of drug-likeness (QED) is 0.448. The normalized spacial score (nSPS) is 26.4. The zero-order valence-electron chi connectivity index (χ0n) is 21.3. The first-order chi connectivity index (χ1) is 17.3. The fourth-order valence-electron chi connectivity index (χ4n) is 7.68. The lowest BCUT2D eigenvalue weighted by atomic mass is 9.49. The number of nitrogens with zero attached hydrogens (tertiary/aromatic N) is 3. The average molecular weight is 487 g/mol. The second-order valence-electron chi connectivity index (χ2n) is 11.5. The number of hydrogen-bond acceptors (Lipinski definition) is 5. The molecule has 0 saturated heterocycles. The Balaban J connectivity index is 1.35. The molecule has 0 atom stereocenters. The highest BCUT2D eigenvalue weighted by Crippen LogP contribution is 2.61. The molecule has 36 heavy (non-hydrogen) atoms. The molecular weight excluding hydrogens is 452 g/mol. The van der Waals surface area contributed by atoms with E-state index in [0.29, 0.717) is 18.1 Å². The van der Waals surface area contributed by atoms with E-state index in [1.807, 2.05) is 32.0 Å². The van der Waals surface area contributed by atoms with Crippen molar-refractivity contribution in [1.82, 2.24) is 14.8 Å². The van der Waals surface area contributed by atoms with Crippen LogP contribution in [-0.4, -0.2) is 33.2 Å². The van der Waals surface area contributed by atoms with E-state index in [4.69, 9.17) is 9.72 Å². The fourth-order valence-corrected chi connectivity index (χ4v) is 7.68. The summed E-state index contributed by atoms with van der Waals surface area (Å²) in [5.74, 6) is 2.67. The van der Waals surface area contributed by atoms with Crippen LogP contribution in [0.2, 0.25) is 0 Å². The molecule has 2 heterocycles. The number of amides is 1. The molecule has 4 aliphatic rings. The first-order valence-electron chi connectivity index (χ1n) is 13.3. The molecule has 188 valence electrons. The molecule has 1 aromatic carbocycles. The van der Waals surface area contributed by atoms with Gasteiger partial charge in [0.15, 0.2) is 11.6 Å². The number of esters is 1. The minimum atomic E-state index is -0.498. The highest BCUT2D eigenvalue weighted by molar-refractivity contribution is 6.00. The van der Waals surface area contributed by atoms with Crippen molar-refractivity contribution < 1.29 is 14.3 Å². The number of fused-ring (bicyclic) bond motifs is 1. The van der Waals surface area contributed by atoms with Gasteiger partial charge in [0, 0.05) is 11.8 Å². The van der Waals surface area contributed by atoms with E-state index in [1.54, 1.807) is 11.6 Å². The summed E-state index contributed by atoms with van der Waals surface area (Å²) in [7, 11) is 0. The maximum atomic E-state index is 13.5. The molecule has 1 amide bonds. The van der Waals surface area contributed by atoms with Gasteiger partial charge in [0.2, 0.25) is 5.91 Å². The Morgan fingerprint density at radius 1 is 1.08 bits per heavy atom. The van der Waals surface area contributed by atoms with Crippen LogP contribution in [0, 0.1) is 37.0 Å². The smallest absolute Gasteiger partial charge is 0.343 e. The third-order valence-corrected chi connectivity index (χ3v) is 8.67. The number of carbonyl (C=O) groups excluding carboxylic acids is 2. The molecule has 1 N–H and O–H groups in total. The molecule has 2 aromatic heterocycles. The van der Waals surface area contributed by atoms with Crippen molar-refractivity contribution in [2.45, 2.75) is 65.7 Å². The number of ether oxygens (including phenoxy) is 1. The number of aryl methyl sites for hydroxylation is 2. The van der Waals surface area contributed by atoms with Crippen molar-refractivity contribution in [1.29, 1.82) is 0 Å². The van der Waals surface area contributed by atoms with Gasteiger partial charge < -0.3 is 10.1 Å². The number of pyridine rings is 1. The van der Waals surface area contributed by atoms with Gasteiger partial charge in [-0.3, -0.25) is 4.79 Å². The van der Waals surface area contributed by atoms with Crippen LogP contribution in [0.15, 0.2) is 30.5 Å². The minimum absolute atomic E-state index is 0.0575. The molecule has 4 saturated carbocycles. The molecular formula is C29H34N4O3. The number of para-hydroxylation sites is 1. The lowest BCUT2D eigenvalue weighted by Crippen LogP contribution is -2.47. The third kappa shape index (κ3) is 3.98. The van der Waals surface area contributed by atoms with Gasteiger partial charge in [0.05, 0.1) is 18.3 Å². The molecule has 7 heteroatoms. The summed E-state index contributed by atoms with van der Waals surface area (Å²) in [4.78, 5) is 31.2. The summed E-state index contributed by atoms with van der Waals surface area (Å²) in [6.45, 7) is 6.08. The Kier molecular flexibility index (Phi) is 5.61. The monoisotopic (exact) mass is 486 g/mol. The van der Waals surface area contributed by atoms with Crippen LogP contribution in [0.25, 0.3) is 16.7 Å². The van der Waals surface area contributed by atoms with Gasteiger partial charge in [-0.05, 0) is 99.7 Å². The summed E-state index contributed by atoms with van der Waals surface area (Å²) in [6.07, 6.45) is 9.45. The highest BCUT2D eigenvalue weighted by atomic mass is 16.5. The van der Waals surface area contributed by atoms with Crippen LogP contribution >= 0.6 is 0 Å². The molecule has 7 nitrogen and oxygen atoms in total. The van der Waals surface area contributed by atoms with Gasteiger partial charge in [-0.15, -0.1) is 0 Å². The SMILES string of the molecule is CCOC(=O)c1cnn(-c2cc(C)c3cccc(C)c3n2)c1NC(=O)CC12CC3CC(CC(C3)C1)C2.